The number of hydrogen-bond donors (Lipinski definition) is 0. The van der Waals surface area contributed by atoms with E-state index in [4.69, 9.17) is 4.74 Å². The SMILES string of the molecule is C=CCOc1cc2ccc(C3CCC4CC(CCCCCCC)CCC4C3)c(F)c2c(F)c1F. The van der Waals surface area contributed by atoms with Crippen molar-refractivity contribution in [2.45, 2.75) is 89.9 Å². The number of rotatable bonds is 10. The zero-order valence-corrected chi connectivity index (χ0v) is 20.6. The molecule has 0 saturated heterocycles. The van der Waals surface area contributed by atoms with Crippen LogP contribution in [0.5, 0.6) is 5.75 Å². The molecule has 34 heavy (non-hydrogen) atoms. The van der Waals surface area contributed by atoms with E-state index < -0.39 is 17.5 Å². The van der Waals surface area contributed by atoms with Crippen molar-refractivity contribution in [3.63, 3.8) is 0 Å². The third kappa shape index (κ3) is 5.47. The van der Waals surface area contributed by atoms with Crippen LogP contribution in [0.15, 0.2) is 30.9 Å². The van der Waals surface area contributed by atoms with Gasteiger partial charge in [0.15, 0.2) is 11.6 Å². The van der Waals surface area contributed by atoms with Crippen LogP contribution in [0.4, 0.5) is 13.2 Å². The van der Waals surface area contributed by atoms with Crippen molar-refractivity contribution in [1.29, 1.82) is 0 Å². The second-order valence-corrected chi connectivity index (χ2v) is 10.6. The normalized spacial score (nSPS) is 24.7. The molecule has 0 amide bonds. The van der Waals surface area contributed by atoms with E-state index in [0.717, 1.165) is 31.1 Å². The van der Waals surface area contributed by atoms with E-state index in [1.165, 1.54) is 69.9 Å². The average Bonchev–Trinajstić information content (AvgIpc) is 2.85. The minimum atomic E-state index is -1.16. The molecule has 4 unspecified atom stereocenters. The summed E-state index contributed by atoms with van der Waals surface area (Å²) in [7, 11) is 0. The Morgan fingerprint density at radius 3 is 2.47 bits per heavy atom. The van der Waals surface area contributed by atoms with Crippen LogP contribution in [0.25, 0.3) is 10.8 Å². The van der Waals surface area contributed by atoms with Gasteiger partial charge in [0.05, 0.1) is 5.39 Å². The van der Waals surface area contributed by atoms with E-state index >= 15 is 4.39 Å². The fourth-order valence-corrected chi connectivity index (χ4v) is 6.51. The average molecular weight is 473 g/mol. The second-order valence-electron chi connectivity index (χ2n) is 10.6. The number of ether oxygens (including phenoxy) is 1. The minimum absolute atomic E-state index is 0.0623. The molecule has 4 atom stereocenters. The van der Waals surface area contributed by atoms with E-state index in [9.17, 15) is 8.78 Å². The third-order valence-electron chi connectivity index (χ3n) is 8.35. The molecule has 0 bridgehead atoms. The Kier molecular flexibility index (Phi) is 8.60. The van der Waals surface area contributed by atoms with Gasteiger partial charge in [-0.2, -0.15) is 4.39 Å². The van der Waals surface area contributed by atoms with Gasteiger partial charge in [-0.05, 0) is 72.8 Å². The van der Waals surface area contributed by atoms with E-state index in [1.54, 1.807) is 12.1 Å². The molecule has 2 aliphatic carbocycles. The molecule has 4 heteroatoms. The van der Waals surface area contributed by atoms with Crippen LogP contribution >= 0.6 is 0 Å². The van der Waals surface area contributed by atoms with Crippen LogP contribution in [0.2, 0.25) is 0 Å². The number of fused-ring (bicyclic) bond motifs is 2. The van der Waals surface area contributed by atoms with Gasteiger partial charge in [0.1, 0.15) is 12.4 Å². The zero-order valence-electron chi connectivity index (χ0n) is 20.6. The van der Waals surface area contributed by atoms with Crippen molar-refractivity contribution in [1.82, 2.24) is 0 Å². The van der Waals surface area contributed by atoms with E-state index in [2.05, 4.69) is 13.5 Å². The maximum atomic E-state index is 15.5. The summed E-state index contributed by atoms with van der Waals surface area (Å²) in [5, 5.41) is 0.0715. The topological polar surface area (TPSA) is 9.23 Å². The van der Waals surface area contributed by atoms with Crippen LogP contribution in [0, 0.1) is 35.2 Å². The molecule has 0 aromatic heterocycles. The number of unbranched alkanes of at least 4 members (excludes halogenated alkanes) is 4. The van der Waals surface area contributed by atoms with E-state index in [0.29, 0.717) is 16.9 Å². The molecular weight excluding hydrogens is 433 g/mol. The lowest BCUT2D eigenvalue weighted by Crippen LogP contribution is -2.30. The van der Waals surface area contributed by atoms with Gasteiger partial charge >= 0.3 is 0 Å². The predicted octanol–water partition coefficient (Wildman–Crippen LogP) is 9.48. The van der Waals surface area contributed by atoms with Gasteiger partial charge in [-0.1, -0.05) is 76.7 Å². The Bertz CT molecular complexity index is 985. The summed E-state index contributed by atoms with van der Waals surface area (Å²) >= 11 is 0. The molecule has 0 heterocycles. The fourth-order valence-electron chi connectivity index (χ4n) is 6.51. The van der Waals surface area contributed by atoms with Crippen molar-refractivity contribution in [2.75, 3.05) is 6.61 Å². The first-order valence-corrected chi connectivity index (χ1v) is 13.4. The van der Waals surface area contributed by atoms with Gasteiger partial charge in [0, 0.05) is 0 Å². The highest BCUT2D eigenvalue weighted by Crippen LogP contribution is 2.49. The van der Waals surface area contributed by atoms with Crippen LogP contribution in [0.3, 0.4) is 0 Å². The molecule has 1 nitrogen and oxygen atoms in total. The Balaban J connectivity index is 1.42. The van der Waals surface area contributed by atoms with Crippen molar-refractivity contribution in [3.8, 4) is 5.75 Å². The van der Waals surface area contributed by atoms with Crippen LogP contribution in [-0.2, 0) is 0 Å². The first-order valence-electron chi connectivity index (χ1n) is 13.4. The van der Waals surface area contributed by atoms with Gasteiger partial charge < -0.3 is 4.74 Å². The summed E-state index contributed by atoms with van der Waals surface area (Å²) in [6.07, 6.45) is 16.4. The van der Waals surface area contributed by atoms with E-state index in [-0.39, 0.29) is 23.7 Å². The van der Waals surface area contributed by atoms with Crippen LogP contribution in [0.1, 0.15) is 95.5 Å². The van der Waals surface area contributed by atoms with E-state index in [1.807, 2.05) is 0 Å². The monoisotopic (exact) mass is 472 g/mol. The zero-order chi connectivity index (χ0) is 24.1. The minimum Gasteiger partial charge on any atom is -0.486 e. The molecule has 2 saturated carbocycles. The quantitative estimate of drug-likeness (QED) is 0.247. The van der Waals surface area contributed by atoms with Crippen molar-refractivity contribution >= 4 is 10.8 Å². The lowest BCUT2D eigenvalue weighted by molar-refractivity contribution is 0.112. The molecule has 186 valence electrons. The molecule has 4 rings (SSSR count). The fraction of sp³-hybridized carbons (Fsp3) is 0.600. The molecule has 2 fully saturated rings. The van der Waals surface area contributed by atoms with Crippen LogP contribution < -0.4 is 4.74 Å². The number of hydrogen-bond acceptors (Lipinski definition) is 1. The van der Waals surface area contributed by atoms with Crippen LogP contribution in [-0.4, -0.2) is 6.61 Å². The Labute approximate surface area is 202 Å². The third-order valence-corrected chi connectivity index (χ3v) is 8.35. The van der Waals surface area contributed by atoms with Crippen molar-refractivity contribution < 1.29 is 17.9 Å². The summed E-state index contributed by atoms with van der Waals surface area (Å²) in [5.41, 5.74) is 0.544. The molecule has 0 spiro atoms. The summed E-state index contributed by atoms with van der Waals surface area (Å²) in [6, 6.07) is 4.86. The largest absolute Gasteiger partial charge is 0.486 e. The summed E-state index contributed by atoms with van der Waals surface area (Å²) < 4.78 is 50.1. The summed E-state index contributed by atoms with van der Waals surface area (Å²) in [4.78, 5) is 0. The lowest BCUT2D eigenvalue weighted by Gasteiger charge is -2.42. The molecule has 2 aliphatic rings. The highest BCUT2D eigenvalue weighted by atomic mass is 19.2. The van der Waals surface area contributed by atoms with Gasteiger partial charge in [-0.15, -0.1) is 0 Å². The molecule has 0 radical (unpaired) electrons. The number of halogens is 3. The van der Waals surface area contributed by atoms with Crippen molar-refractivity contribution in [2.24, 2.45) is 17.8 Å². The second kappa shape index (κ2) is 11.6. The Hall–Kier alpha value is -1.97. The highest BCUT2D eigenvalue weighted by Gasteiger charge is 2.37. The molecule has 2 aromatic carbocycles. The van der Waals surface area contributed by atoms with Gasteiger partial charge in [-0.3, -0.25) is 0 Å². The van der Waals surface area contributed by atoms with Gasteiger partial charge in [-0.25, -0.2) is 8.78 Å². The highest BCUT2D eigenvalue weighted by molar-refractivity contribution is 5.86. The predicted molar refractivity (Wildman–Crippen MR) is 134 cm³/mol. The maximum Gasteiger partial charge on any atom is 0.201 e. The van der Waals surface area contributed by atoms with Gasteiger partial charge in [0.25, 0.3) is 0 Å². The van der Waals surface area contributed by atoms with Crippen molar-refractivity contribution in [3.05, 3.63) is 53.9 Å². The lowest BCUT2D eigenvalue weighted by atomic mass is 9.63. The molecule has 2 aromatic rings. The molecule has 0 aliphatic heterocycles. The summed E-state index contributed by atoms with van der Waals surface area (Å²) in [6.45, 7) is 5.84. The summed E-state index contributed by atoms with van der Waals surface area (Å²) in [5.74, 6) is -0.810. The number of benzene rings is 2. The van der Waals surface area contributed by atoms with Gasteiger partial charge in [0.2, 0.25) is 5.82 Å². The first-order chi connectivity index (χ1) is 16.5. The smallest absolute Gasteiger partial charge is 0.201 e. The maximum absolute atomic E-state index is 15.5. The Morgan fingerprint density at radius 2 is 1.68 bits per heavy atom. The Morgan fingerprint density at radius 1 is 0.912 bits per heavy atom. The first kappa shape index (κ1) is 25.1. The molecule has 0 N–H and O–H groups in total. The molecular formula is C30H39F3O. The standard InChI is InChI=1S/C30H39F3O/c1-3-5-6-7-8-9-20-10-11-22-18-23(13-12-21(22)17-20)25-15-14-24-19-26(34-16-4-2)29(32)30(33)27(24)28(25)31/h4,14-15,19-23H,2-3,5-13,16-18H2,1H3.